The lowest BCUT2D eigenvalue weighted by molar-refractivity contribution is 0.0955. The molecular weight excluding hydrogens is 334 g/mol. The number of nitrogens with zero attached hydrogens (tertiary/aromatic N) is 1. The maximum atomic E-state index is 12.3. The topological polar surface area (TPSA) is 57.2 Å². The zero-order valence-electron chi connectivity index (χ0n) is 14.9. The molecule has 1 heterocycles. The van der Waals surface area contributed by atoms with Gasteiger partial charge in [-0.1, -0.05) is 60.7 Å². The Hall–Kier alpha value is -3.66. The molecule has 4 nitrogen and oxygen atoms in total. The first-order chi connectivity index (χ1) is 13.2. The van der Waals surface area contributed by atoms with Crippen molar-refractivity contribution in [1.29, 1.82) is 0 Å². The van der Waals surface area contributed by atoms with Crippen molar-refractivity contribution in [3.05, 3.63) is 95.7 Å². The number of benzene rings is 3. The van der Waals surface area contributed by atoms with Gasteiger partial charge in [0.2, 0.25) is 0 Å². The number of hydrazone groups is 1. The molecule has 132 valence electrons. The van der Waals surface area contributed by atoms with Gasteiger partial charge in [0.25, 0.3) is 5.91 Å². The number of H-pyrrole nitrogens is 1. The maximum absolute atomic E-state index is 12.3. The van der Waals surface area contributed by atoms with E-state index in [1.807, 2.05) is 85.8 Å². The highest BCUT2D eigenvalue weighted by molar-refractivity contribution is 6.01. The minimum Gasteiger partial charge on any atom is -0.358 e. The molecule has 0 aliphatic rings. The van der Waals surface area contributed by atoms with E-state index in [1.54, 1.807) is 6.21 Å². The van der Waals surface area contributed by atoms with Crippen molar-refractivity contribution in [1.82, 2.24) is 10.4 Å². The fraction of sp³-hybridized carbons (Fsp3) is 0.0435. The zero-order valence-corrected chi connectivity index (χ0v) is 14.9. The first-order valence-corrected chi connectivity index (χ1v) is 8.78. The second-order valence-electron chi connectivity index (χ2n) is 6.35. The molecule has 4 heteroatoms. The van der Waals surface area contributed by atoms with Crippen molar-refractivity contribution in [2.45, 2.75) is 6.92 Å². The highest BCUT2D eigenvalue weighted by atomic mass is 16.2. The fourth-order valence-electron chi connectivity index (χ4n) is 3.13. The van der Waals surface area contributed by atoms with Crippen molar-refractivity contribution < 1.29 is 4.79 Å². The van der Waals surface area contributed by atoms with Crippen LogP contribution in [0.25, 0.3) is 22.0 Å². The quantitative estimate of drug-likeness (QED) is 0.398. The lowest BCUT2D eigenvalue weighted by Crippen LogP contribution is -2.17. The molecule has 1 aromatic heterocycles. The first kappa shape index (κ1) is 16.8. The molecule has 4 aromatic rings. The minimum atomic E-state index is -0.233. The fourth-order valence-corrected chi connectivity index (χ4v) is 3.13. The second kappa shape index (κ2) is 7.30. The molecule has 0 saturated heterocycles. The lowest BCUT2D eigenvalue weighted by atomic mass is 10.0. The van der Waals surface area contributed by atoms with Gasteiger partial charge in [0, 0.05) is 27.7 Å². The number of aromatic nitrogens is 1. The number of aromatic amines is 1. The van der Waals surface area contributed by atoms with Crippen LogP contribution in [0, 0.1) is 6.92 Å². The van der Waals surface area contributed by atoms with Gasteiger partial charge in [-0.3, -0.25) is 4.79 Å². The Balaban J connectivity index is 1.47. The summed E-state index contributed by atoms with van der Waals surface area (Å²) in [6, 6.07) is 25.6. The third-order valence-electron chi connectivity index (χ3n) is 4.56. The lowest BCUT2D eigenvalue weighted by Gasteiger charge is -2.03. The molecule has 27 heavy (non-hydrogen) atoms. The summed E-state index contributed by atoms with van der Waals surface area (Å²) in [5, 5.41) is 5.22. The minimum absolute atomic E-state index is 0.233. The van der Waals surface area contributed by atoms with Crippen LogP contribution in [-0.2, 0) is 0 Å². The number of fused-ring (bicyclic) bond motifs is 1. The Morgan fingerprint density at radius 3 is 2.33 bits per heavy atom. The number of carbonyl (C=O) groups is 1. The normalized spacial score (nSPS) is 11.1. The molecule has 0 atom stereocenters. The van der Waals surface area contributed by atoms with E-state index in [0.29, 0.717) is 5.56 Å². The smallest absolute Gasteiger partial charge is 0.271 e. The predicted octanol–water partition coefficient (Wildman–Crippen LogP) is 4.91. The summed E-state index contributed by atoms with van der Waals surface area (Å²) in [6.45, 7) is 1.99. The number of para-hydroxylation sites is 1. The Morgan fingerprint density at radius 2 is 1.56 bits per heavy atom. The summed E-state index contributed by atoms with van der Waals surface area (Å²) in [5.41, 5.74) is 8.42. The van der Waals surface area contributed by atoms with Gasteiger partial charge >= 0.3 is 0 Å². The highest BCUT2D eigenvalue weighted by Crippen LogP contribution is 2.20. The maximum Gasteiger partial charge on any atom is 0.271 e. The van der Waals surface area contributed by atoms with E-state index >= 15 is 0 Å². The molecule has 0 radical (unpaired) electrons. The summed E-state index contributed by atoms with van der Waals surface area (Å²) in [6.07, 6.45) is 1.68. The Labute approximate surface area is 157 Å². The number of aryl methyl sites for hydroxylation is 1. The van der Waals surface area contributed by atoms with Gasteiger partial charge in [-0.2, -0.15) is 5.10 Å². The van der Waals surface area contributed by atoms with Crippen LogP contribution in [0.1, 0.15) is 21.6 Å². The molecule has 1 amide bonds. The van der Waals surface area contributed by atoms with Crippen LogP contribution in [-0.4, -0.2) is 17.1 Å². The van der Waals surface area contributed by atoms with Crippen LogP contribution < -0.4 is 5.43 Å². The van der Waals surface area contributed by atoms with Gasteiger partial charge in [-0.05, 0) is 36.2 Å². The molecule has 0 saturated carbocycles. The Bertz CT molecular complexity index is 1110. The summed E-state index contributed by atoms with van der Waals surface area (Å²) >= 11 is 0. The van der Waals surface area contributed by atoms with Crippen molar-refractivity contribution in [2.75, 3.05) is 0 Å². The number of amides is 1. The molecule has 0 aliphatic carbocycles. The molecular formula is C23H19N3O. The van der Waals surface area contributed by atoms with E-state index < -0.39 is 0 Å². The van der Waals surface area contributed by atoms with Crippen LogP contribution in [0.15, 0.2) is 84.0 Å². The standard InChI is InChI=1S/C23H19N3O/c1-16-21(20-9-5-6-10-22(20)25-16)15-24-26-23(27)19-13-11-18(12-14-19)17-7-3-2-4-8-17/h2-15,25H,1H3,(H,26,27)/b24-15-. The molecule has 4 rings (SSSR count). The first-order valence-electron chi connectivity index (χ1n) is 8.78. The monoisotopic (exact) mass is 353 g/mol. The zero-order chi connectivity index (χ0) is 18.6. The van der Waals surface area contributed by atoms with Crippen LogP contribution in [0.4, 0.5) is 0 Å². The molecule has 0 fully saturated rings. The van der Waals surface area contributed by atoms with E-state index in [-0.39, 0.29) is 5.91 Å². The second-order valence-corrected chi connectivity index (χ2v) is 6.35. The van der Waals surface area contributed by atoms with Crippen LogP contribution in [0.3, 0.4) is 0 Å². The van der Waals surface area contributed by atoms with E-state index in [4.69, 9.17) is 0 Å². The summed E-state index contributed by atoms with van der Waals surface area (Å²) in [7, 11) is 0. The van der Waals surface area contributed by atoms with Gasteiger partial charge in [0.05, 0.1) is 6.21 Å². The molecule has 0 spiro atoms. The summed E-state index contributed by atoms with van der Waals surface area (Å²) < 4.78 is 0. The largest absolute Gasteiger partial charge is 0.358 e. The highest BCUT2D eigenvalue weighted by Gasteiger charge is 2.07. The SMILES string of the molecule is Cc1[nH]c2ccccc2c1/C=N\NC(=O)c1ccc(-c2ccccc2)cc1. The average molecular weight is 353 g/mol. The van der Waals surface area contributed by atoms with E-state index in [0.717, 1.165) is 33.3 Å². The number of rotatable bonds is 4. The third-order valence-corrected chi connectivity index (χ3v) is 4.56. The number of hydrogen-bond acceptors (Lipinski definition) is 2. The van der Waals surface area contributed by atoms with Gasteiger partial charge in [-0.15, -0.1) is 0 Å². The van der Waals surface area contributed by atoms with Gasteiger partial charge < -0.3 is 4.98 Å². The van der Waals surface area contributed by atoms with Crippen LogP contribution in [0.5, 0.6) is 0 Å². The molecule has 3 aromatic carbocycles. The number of hydrogen-bond donors (Lipinski definition) is 2. The summed E-state index contributed by atoms with van der Waals surface area (Å²) in [4.78, 5) is 15.7. The van der Waals surface area contributed by atoms with Gasteiger partial charge in [0.15, 0.2) is 0 Å². The van der Waals surface area contributed by atoms with Crippen LogP contribution in [0.2, 0.25) is 0 Å². The van der Waals surface area contributed by atoms with Crippen molar-refractivity contribution in [2.24, 2.45) is 5.10 Å². The third kappa shape index (κ3) is 3.51. The van der Waals surface area contributed by atoms with E-state index in [2.05, 4.69) is 15.5 Å². The van der Waals surface area contributed by atoms with Crippen molar-refractivity contribution in [3.63, 3.8) is 0 Å². The average Bonchev–Trinajstić information content (AvgIpc) is 3.04. The summed E-state index contributed by atoms with van der Waals surface area (Å²) in [5.74, 6) is -0.233. The molecule has 0 unspecified atom stereocenters. The Kier molecular flexibility index (Phi) is 4.54. The predicted molar refractivity (Wildman–Crippen MR) is 110 cm³/mol. The molecule has 0 bridgehead atoms. The molecule has 2 N–H and O–H groups in total. The number of carbonyl (C=O) groups excluding carboxylic acids is 1. The van der Waals surface area contributed by atoms with E-state index in [1.165, 1.54) is 0 Å². The number of nitrogens with one attached hydrogen (secondary N) is 2. The Morgan fingerprint density at radius 1 is 0.889 bits per heavy atom. The van der Waals surface area contributed by atoms with Gasteiger partial charge in [0.1, 0.15) is 0 Å². The van der Waals surface area contributed by atoms with Crippen LogP contribution >= 0.6 is 0 Å². The van der Waals surface area contributed by atoms with Crippen molar-refractivity contribution >= 4 is 23.0 Å². The van der Waals surface area contributed by atoms with E-state index in [9.17, 15) is 4.79 Å². The van der Waals surface area contributed by atoms with Gasteiger partial charge in [-0.25, -0.2) is 5.43 Å². The van der Waals surface area contributed by atoms with Crippen molar-refractivity contribution in [3.8, 4) is 11.1 Å². The molecule has 0 aliphatic heterocycles.